The number of rotatable bonds is 5. The number of hydrogen-bond donors (Lipinski definition) is 1. The Morgan fingerprint density at radius 3 is 2.53 bits per heavy atom. The maximum absolute atomic E-state index is 13.4. The molecule has 0 atom stereocenters. The molecule has 0 bridgehead atoms. The zero-order chi connectivity index (χ0) is 21.1. The Morgan fingerprint density at radius 1 is 1.00 bits per heavy atom. The molecule has 0 fully saturated rings. The summed E-state index contributed by atoms with van der Waals surface area (Å²) in [7, 11) is 0. The van der Waals surface area contributed by atoms with Crippen molar-refractivity contribution in [1.29, 1.82) is 0 Å². The number of anilines is 1. The van der Waals surface area contributed by atoms with Crippen molar-refractivity contribution in [2.75, 3.05) is 5.32 Å². The van der Waals surface area contributed by atoms with E-state index in [9.17, 15) is 18.4 Å². The van der Waals surface area contributed by atoms with Crippen LogP contribution in [0, 0.1) is 11.6 Å². The predicted octanol–water partition coefficient (Wildman–Crippen LogP) is 3.48. The summed E-state index contributed by atoms with van der Waals surface area (Å²) >= 11 is 0. The number of nitrogens with one attached hydrogen (secondary N) is 1. The third kappa shape index (κ3) is 4.14. The molecule has 9 heteroatoms. The molecule has 0 radical (unpaired) electrons. The average Bonchev–Trinajstić information content (AvgIpc) is 3.21. The minimum Gasteiger partial charge on any atom is -0.332 e. The number of aromatic nitrogens is 3. The Hall–Kier alpha value is -4.14. The van der Waals surface area contributed by atoms with Crippen molar-refractivity contribution in [3.63, 3.8) is 0 Å². The second kappa shape index (κ2) is 8.08. The summed E-state index contributed by atoms with van der Waals surface area (Å²) in [6.45, 7) is -0.329. The minimum atomic E-state index is -0.499. The number of halogens is 2. The lowest BCUT2D eigenvalue weighted by molar-refractivity contribution is -0.116. The number of nitrogens with zero attached hydrogens (tertiary/aromatic N) is 3. The van der Waals surface area contributed by atoms with Crippen LogP contribution in [0.5, 0.6) is 0 Å². The van der Waals surface area contributed by atoms with Gasteiger partial charge in [-0.1, -0.05) is 23.4 Å². The smallest absolute Gasteiger partial charge is 0.274 e. The lowest BCUT2D eigenvalue weighted by Gasteiger charge is -2.10. The highest BCUT2D eigenvalue weighted by Crippen LogP contribution is 2.22. The Bertz CT molecular complexity index is 1270. The first-order valence-corrected chi connectivity index (χ1v) is 8.85. The van der Waals surface area contributed by atoms with Crippen LogP contribution < -0.4 is 10.9 Å². The van der Waals surface area contributed by atoms with Crippen LogP contribution in [0.2, 0.25) is 0 Å². The Kier molecular flexibility index (Phi) is 5.17. The summed E-state index contributed by atoms with van der Waals surface area (Å²) in [6, 6.07) is 15.2. The molecule has 1 N–H and O–H groups in total. The van der Waals surface area contributed by atoms with Crippen molar-refractivity contribution in [2.24, 2.45) is 0 Å². The highest BCUT2D eigenvalue weighted by atomic mass is 19.1. The molecule has 0 saturated carbocycles. The SMILES string of the molecule is O=C(Cn1c(-c2nc(-c3cccc(F)c3)no2)cccc1=O)Nc1ccc(F)cc1. The van der Waals surface area contributed by atoms with E-state index in [1.807, 2.05) is 0 Å². The monoisotopic (exact) mass is 408 g/mol. The van der Waals surface area contributed by atoms with Crippen LogP contribution in [0.25, 0.3) is 23.0 Å². The van der Waals surface area contributed by atoms with Crippen molar-refractivity contribution in [2.45, 2.75) is 6.54 Å². The van der Waals surface area contributed by atoms with Gasteiger partial charge >= 0.3 is 0 Å². The summed E-state index contributed by atoms with van der Waals surface area (Å²) < 4.78 is 32.9. The first-order chi connectivity index (χ1) is 14.5. The maximum atomic E-state index is 13.4. The molecule has 4 rings (SSSR count). The standard InChI is InChI=1S/C21H14F2N4O3/c22-14-7-9-16(10-8-14)24-18(28)12-27-17(5-2-6-19(27)29)21-25-20(26-30-21)13-3-1-4-15(23)11-13/h1-11H,12H2,(H,24,28). The lowest BCUT2D eigenvalue weighted by Crippen LogP contribution is -2.28. The van der Waals surface area contributed by atoms with Gasteiger partial charge in [-0.3, -0.25) is 14.2 Å². The topological polar surface area (TPSA) is 90.0 Å². The summed E-state index contributed by atoms with van der Waals surface area (Å²) in [5.74, 6) is -1.24. The number of carbonyl (C=O) groups excluding carboxylic acids is 1. The van der Waals surface area contributed by atoms with E-state index in [4.69, 9.17) is 4.52 Å². The van der Waals surface area contributed by atoms with E-state index in [1.165, 1.54) is 59.2 Å². The molecule has 2 aromatic carbocycles. The van der Waals surface area contributed by atoms with Gasteiger partial charge in [0.15, 0.2) is 0 Å². The van der Waals surface area contributed by atoms with E-state index in [1.54, 1.807) is 12.1 Å². The van der Waals surface area contributed by atoms with Crippen molar-refractivity contribution in [3.8, 4) is 23.0 Å². The molecule has 7 nitrogen and oxygen atoms in total. The molecule has 1 amide bonds. The number of benzene rings is 2. The number of pyridine rings is 1. The van der Waals surface area contributed by atoms with Gasteiger partial charge in [0.05, 0.1) is 0 Å². The highest BCUT2D eigenvalue weighted by Gasteiger charge is 2.17. The molecule has 150 valence electrons. The molecule has 2 aromatic heterocycles. The summed E-state index contributed by atoms with van der Waals surface area (Å²) in [6.07, 6.45) is 0. The first kappa shape index (κ1) is 19.2. The third-order valence-corrected chi connectivity index (χ3v) is 4.21. The van der Waals surface area contributed by atoms with Crippen LogP contribution in [0.3, 0.4) is 0 Å². The van der Waals surface area contributed by atoms with E-state index in [2.05, 4.69) is 15.5 Å². The second-order valence-electron chi connectivity index (χ2n) is 6.32. The van der Waals surface area contributed by atoms with Crippen LogP contribution in [-0.2, 0) is 11.3 Å². The molecule has 4 aromatic rings. The number of hydrogen-bond acceptors (Lipinski definition) is 5. The molecule has 0 aliphatic carbocycles. The van der Waals surface area contributed by atoms with Gasteiger partial charge in [-0.15, -0.1) is 0 Å². The van der Waals surface area contributed by atoms with Crippen molar-refractivity contribution in [1.82, 2.24) is 14.7 Å². The van der Waals surface area contributed by atoms with Crippen LogP contribution in [-0.4, -0.2) is 20.6 Å². The van der Waals surface area contributed by atoms with E-state index < -0.39 is 23.1 Å². The average molecular weight is 408 g/mol. The zero-order valence-corrected chi connectivity index (χ0v) is 15.4. The molecule has 0 aliphatic rings. The fourth-order valence-corrected chi connectivity index (χ4v) is 2.82. The third-order valence-electron chi connectivity index (χ3n) is 4.21. The summed E-state index contributed by atoms with van der Waals surface area (Å²) in [5, 5.41) is 6.41. The van der Waals surface area contributed by atoms with Crippen LogP contribution in [0.15, 0.2) is 76.0 Å². The van der Waals surface area contributed by atoms with Crippen LogP contribution in [0.1, 0.15) is 0 Å². The number of amides is 1. The Balaban J connectivity index is 1.61. The predicted molar refractivity (Wildman–Crippen MR) is 104 cm³/mol. The molecule has 2 heterocycles. The van der Waals surface area contributed by atoms with Gasteiger partial charge in [-0.05, 0) is 42.5 Å². The maximum Gasteiger partial charge on any atom is 0.274 e. The zero-order valence-electron chi connectivity index (χ0n) is 15.4. The van der Waals surface area contributed by atoms with Gasteiger partial charge in [-0.25, -0.2) is 8.78 Å². The van der Waals surface area contributed by atoms with Gasteiger partial charge in [0.2, 0.25) is 11.7 Å². The Labute approximate surface area is 168 Å². The molecular weight excluding hydrogens is 394 g/mol. The van der Waals surface area contributed by atoms with Gasteiger partial charge < -0.3 is 9.84 Å². The molecular formula is C21H14F2N4O3. The molecule has 0 saturated heterocycles. The largest absolute Gasteiger partial charge is 0.332 e. The van der Waals surface area contributed by atoms with Crippen molar-refractivity contribution >= 4 is 11.6 Å². The van der Waals surface area contributed by atoms with Gasteiger partial charge in [0, 0.05) is 17.3 Å². The molecule has 0 spiro atoms. The normalized spacial score (nSPS) is 10.7. The van der Waals surface area contributed by atoms with E-state index in [-0.39, 0.29) is 24.0 Å². The van der Waals surface area contributed by atoms with Crippen LogP contribution in [0.4, 0.5) is 14.5 Å². The van der Waals surface area contributed by atoms with E-state index >= 15 is 0 Å². The van der Waals surface area contributed by atoms with E-state index in [0.29, 0.717) is 11.3 Å². The highest BCUT2D eigenvalue weighted by molar-refractivity contribution is 5.90. The lowest BCUT2D eigenvalue weighted by atomic mass is 10.2. The van der Waals surface area contributed by atoms with Gasteiger partial charge in [-0.2, -0.15) is 4.98 Å². The fourth-order valence-electron chi connectivity index (χ4n) is 2.82. The molecule has 0 unspecified atom stereocenters. The van der Waals surface area contributed by atoms with Crippen molar-refractivity contribution < 1.29 is 18.1 Å². The van der Waals surface area contributed by atoms with Crippen molar-refractivity contribution in [3.05, 3.63) is 88.7 Å². The Morgan fingerprint density at radius 2 is 1.77 bits per heavy atom. The van der Waals surface area contributed by atoms with Crippen LogP contribution >= 0.6 is 0 Å². The summed E-state index contributed by atoms with van der Waals surface area (Å²) in [5.41, 5.74) is 0.571. The number of carbonyl (C=O) groups is 1. The van der Waals surface area contributed by atoms with Gasteiger partial charge in [0.1, 0.15) is 23.9 Å². The van der Waals surface area contributed by atoms with Gasteiger partial charge in [0.25, 0.3) is 11.4 Å². The van der Waals surface area contributed by atoms with E-state index in [0.717, 1.165) is 0 Å². The molecule has 0 aliphatic heterocycles. The first-order valence-electron chi connectivity index (χ1n) is 8.85. The quantitative estimate of drug-likeness (QED) is 0.546. The second-order valence-corrected chi connectivity index (χ2v) is 6.32. The molecule has 30 heavy (non-hydrogen) atoms. The minimum absolute atomic E-state index is 0.00143. The fraction of sp³-hybridized carbons (Fsp3) is 0.0476. The summed E-state index contributed by atoms with van der Waals surface area (Å²) in [4.78, 5) is 29.0.